The van der Waals surface area contributed by atoms with E-state index in [9.17, 15) is 9.59 Å². The second kappa shape index (κ2) is 8.53. The molecular formula is C19H13Cl2N3O3. The first kappa shape index (κ1) is 18.7. The molecule has 0 aliphatic carbocycles. The lowest BCUT2D eigenvalue weighted by molar-refractivity contribution is -0.136. The Kier molecular flexibility index (Phi) is 5.90. The third-order valence-corrected chi connectivity index (χ3v) is 4.17. The molecule has 27 heavy (non-hydrogen) atoms. The summed E-state index contributed by atoms with van der Waals surface area (Å²) in [7, 11) is 0. The van der Waals surface area contributed by atoms with Gasteiger partial charge < -0.3 is 9.73 Å². The Balaban J connectivity index is 1.58. The van der Waals surface area contributed by atoms with Gasteiger partial charge in [0.2, 0.25) is 0 Å². The molecule has 0 spiro atoms. The first-order valence-electron chi connectivity index (χ1n) is 7.77. The van der Waals surface area contributed by atoms with E-state index < -0.39 is 11.8 Å². The topological polar surface area (TPSA) is 83.7 Å². The zero-order chi connectivity index (χ0) is 19.2. The Morgan fingerprint density at radius 2 is 1.70 bits per heavy atom. The number of hydrogen-bond acceptors (Lipinski definition) is 4. The minimum absolute atomic E-state index is 0.389. The van der Waals surface area contributed by atoms with Crippen LogP contribution in [0.15, 0.2) is 70.2 Å². The summed E-state index contributed by atoms with van der Waals surface area (Å²) in [5, 5.41) is 7.03. The molecule has 1 heterocycles. The normalized spacial score (nSPS) is 10.7. The fourth-order valence-corrected chi connectivity index (χ4v) is 2.44. The van der Waals surface area contributed by atoms with Gasteiger partial charge in [0, 0.05) is 11.3 Å². The van der Waals surface area contributed by atoms with Gasteiger partial charge in [-0.3, -0.25) is 9.59 Å². The number of halogens is 2. The monoisotopic (exact) mass is 401 g/mol. The lowest BCUT2D eigenvalue weighted by Gasteiger charge is -2.02. The van der Waals surface area contributed by atoms with Crippen molar-refractivity contribution >= 4 is 46.9 Å². The maximum absolute atomic E-state index is 11.8. The molecule has 2 amide bonds. The van der Waals surface area contributed by atoms with Crippen LogP contribution in [0.25, 0.3) is 11.3 Å². The van der Waals surface area contributed by atoms with Crippen molar-refractivity contribution in [2.75, 3.05) is 5.32 Å². The number of furan rings is 1. The number of amides is 2. The molecule has 0 atom stereocenters. The first-order valence-corrected chi connectivity index (χ1v) is 8.53. The van der Waals surface area contributed by atoms with Crippen LogP contribution < -0.4 is 10.7 Å². The van der Waals surface area contributed by atoms with E-state index in [4.69, 9.17) is 27.6 Å². The van der Waals surface area contributed by atoms with E-state index in [1.165, 1.54) is 6.21 Å². The SMILES string of the molecule is O=C(N/N=C/c1ccc(-c2ccc(Cl)c(Cl)c2)o1)C(=O)Nc1ccccc1. The molecule has 0 aliphatic rings. The van der Waals surface area contributed by atoms with E-state index in [0.29, 0.717) is 27.3 Å². The number of carbonyl (C=O) groups is 2. The number of benzene rings is 2. The van der Waals surface area contributed by atoms with Gasteiger partial charge in [-0.25, -0.2) is 5.43 Å². The average molecular weight is 402 g/mol. The van der Waals surface area contributed by atoms with Crippen molar-refractivity contribution in [3.05, 3.63) is 76.5 Å². The summed E-state index contributed by atoms with van der Waals surface area (Å²) in [5.74, 6) is -0.774. The second-order valence-corrected chi connectivity index (χ2v) is 6.16. The molecule has 6 nitrogen and oxygen atoms in total. The Hall–Kier alpha value is -3.09. The van der Waals surface area contributed by atoms with Crippen LogP contribution in [-0.4, -0.2) is 18.0 Å². The minimum Gasteiger partial charge on any atom is -0.455 e. The van der Waals surface area contributed by atoms with E-state index in [2.05, 4.69) is 15.8 Å². The summed E-state index contributed by atoms with van der Waals surface area (Å²) >= 11 is 11.9. The van der Waals surface area contributed by atoms with Gasteiger partial charge in [0.1, 0.15) is 11.5 Å². The lowest BCUT2D eigenvalue weighted by atomic mass is 10.2. The summed E-state index contributed by atoms with van der Waals surface area (Å²) in [6.07, 6.45) is 1.29. The third-order valence-electron chi connectivity index (χ3n) is 3.43. The molecule has 1 aromatic heterocycles. The fraction of sp³-hybridized carbons (Fsp3) is 0. The molecule has 3 rings (SSSR count). The van der Waals surface area contributed by atoms with Crippen molar-refractivity contribution in [1.82, 2.24) is 5.43 Å². The summed E-state index contributed by atoms with van der Waals surface area (Å²) in [6.45, 7) is 0. The number of nitrogens with zero attached hydrogens (tertiary/aromatic N) is 1. The Morgan fingerprint density at radius 1 is 0.926 bits per heavy atom. The molecular weight excluding hydrogens is 389 g/mol. The van der Waals surface area contributed by atoms with Crippen LogP contribution in [0.2, 0.25) is 10.0 Å². The highest BCUT2D eigenvalue weighted by Gasteiger charge is 2.12. The van der Waals surface area contributed by atoms with Gasteiger partial charge in [0.25, 0.3) is 0 Å². The fourth-order valence-electron chi connectivity index (χ4n) is 2.14. The third kappa shape index (κ3) is 4.97. The molecule has 2 aromatic carbocycles. The lowest BCUT2D eigenvalue weighted by Crippen LogP contribution is -2.32. The van der Waals surface area contributed by atoms with Gasteiger partial charge in [-0.1, -0.05) is 41.4 Å². The molecule has 3 aromatic rings. The van der Waals surface area contributed by atoms with Crippen molar-refractivity contribution in [3.63, 3.8) is 0 Å². The van der Waals surface area contributed by atoms with Crippen LogP contribution in [-0.2, 0) is 9.59 Å². The molecule has 0 bridgehead atoms. The quantitative estimate of drug-likeness (QED) is 0.387. The highest BCUT2D eigenvalue weighted by molar-refractivity contribution is 6.42. The van der Waals surface area contributed by atoms with Gasteiger partial charge >= 0.3 is 11.8 Å². The Bertz CT molecular complexity index is 1000. The number of anilines is 1. The highest BCUT2D eigenvalue weighted by atomic mass is 35.5. The maximum atomic E-state index is 11.8. The molecule has 0 aliphatic heterocycles. The average Bonchev–Trinajstić information content (AvgIpc) is 3.13. The van der Waals surface area contributed by atoms with E-state index in [-0.39, 0.29) is 0 Å². The van der Waals surface area contributed by atoms with Crippen molar-refractivity contribution in [1.29, 1.82) is 0 Å². The second-order valence-electron chi connectivity index (χ2n) is 5.35. The van der Waals surface area contributed by atoms with E-state index in [0.717, 1.165) is 5.56 Å². The molecule has 0 saturated heterocycles. The predicted molar refractivity (Wildman–Crippen MR) is 105 cm³/mol. The smallest absolute Gasteiger partial charge is 0.329 e. The summed E-state index contributed by atoms with van der Waals surface area (Å²) in [5.41, 5.74) is 3.40. The van der Waals surface area contributed by atoms with Gasteiger partial charge in [0.05, 0.1) is 16.3 Å². The molecule has 8 heteroatoms. The molecule has 2 N–H and O–H groups in total. The predicted octanol–water partition coefficient (Wildman–Crippen LogP) is 4.34. The van der Waals surface area contributed by atoms with Gasteiger partial charge in [-0.15, -0.1) is 0 Å². The molecule has 0 saturated carbocycles. The standard InChI is InChI=1S/C19H13Cl2N3O3/c20-15-8-6-12(10-16(15)21)17-9-7-14(27-17)11-22-24-19(26)18(25)23-13-4-2-1-3-5-13/h1-11H,(H,23,25)(H,24,26)/b22-11+. The number of nitrogens with one attached hydrogen (secondary N) is 2. The Morgan fingerprint density at radius 3 is 2.44 bits per heavy atom. The van der Waals surface area contributed by atoms with Crippen LogP contribution in [0.4, 0.5) is 5.69 Å². The summed E-state index contributed by atoms with van der Waals surface area (Å²) in [6, 6.07) is 17.1. The van der Waals surface area contributed by atoms with Crippen molar-refractivity contribution in [3.8, 4) is 11.3 Å². The van der Waals surface area contributed by atoms with Crippen molar-refractivity contribution in [2.24, 2.45) is 5.10 Å². The van der Waals surface area contributed by atoms with Crippen LogP contribution in [0, 0.1) is 0 Å². The van der Waals surface area contributed by atoms with Crippen LogP contribution >= 0.6 is 23.2 Å². The summed E-state index contributed by atoms with van der Waals surface area (Å²) < 4.78 is 5.60. The number of hydrogen-bond donors (Lipinski definition) is 2. The largest absolute Gasteiger partial charge is 0.455 e. The maximum Gasteiger partial charge on any atom is 0.329 e. The number of para-hydroxylation sites is 1. The van der Waals surface area contributed by atoms with E-state index in [1.54, 1.807) is 60.7 Å². The van der Waals surface area contributed by atoms with Crippen LogP contribution in [0.3, 0.4) is 0 Å². The van der Waals surface area contributed by atoms with Gasteiger partial charge in [-0.2, -0.15) is 5.10 Å². The number of carbonyl (C=O) groups excluding carboxylic acids is 2. The van der Waals surface area contributed by atoms with Crippen molar-refractivity contribution in [2.45, 2.75) is 0 Å². The number of rotatable bonds is 4. The van der Waals surface area contributed by atoms with E-state index in [1.807, 2.05) is 0 Å². The Labute approximate surface area is 164 Å². The summed E-state index contributed by atoms with van der Waals surface area (Å²) in [4.78, 5) is 23.5. The van der Waals surface area contributed by atoms with Crippen molar-refractivity contribution < 1.29 is 14.0 Å². The minimum atomic E-state index is -0.897. The molecule has 0 fully saturated rings. The highest BCUT2D eigenvalue weighted by Crippen LogP contribution is 2.29. The first-order chi connectivity index (χ1) is 13.0. The van der Waals surface area contributed by atoms with Gasteiger partial charge in [0.15, 0.2) is 0 Å². The van der Waals surface area contributed by atoms with Gasteiger partial charge in [-0.05, 0) is 42.5 Å². The molecule has 0 unspecified atom stereocenters. The van der Waals surface area contributed by atoms with Crippen LogP contribution in [0.5, 0.6) is 0 Å². The zero-order valence-corrected chi connectivity index (χ0v) is 15.3. The van der Waals surface area contributed by atoms with Crippen LogP contribution in [0.1, 0.15) is 5.76 Å². The molecule has 136 valence electrons. The molecule has 0 radical (unpaired) electrons. The zero-order valence-electron chi connectivity index (χ0n) is 13.8. The van der Waals surface area contributed by atoms with E-state index >= 15 is 0 Å². The number of hydrazone groups is 1.